The van der Waals surface area contributed by atoms with E-state index in [4.69, 9.17) is 4.74 Å². The third-order valence-electron chi connectivity index (χ3n) is 6.88. The van der Waals surface area contributed by atoms with Crippen molar-refractivity contribution in [2.75, 3.05) is 6.61 Å². The van der Waals surface area contributed by atoms with E-state index in [0.29, 0.717) is 4.88 Å². The van der Waals surface area contributed by atoms with Gasteiger partial charge in [0.15, 0.2) is 0 Å². The van der Waals surface area contributed by atoms with Crippen LogP contribution in [0.5, 0.6) is 0 Å². The molecule has 2 unspecified atom stereocenters. The Balaban J connectivity index is 1.28. The van der Waals surface area contributed by atoms with E-state index in [1.54, 1.807) is 17.5 Å². The molecule has 8 heteroatoms. The van der Waals surface area contributed by atoms with Gasteiger partial charge >= 0.3 is 12.1 Å². The van der Waals surface area contributed by atoms with Gasteiger partial charge in [0.2, 0.25) is 5.91 Å². The van der Waals surface area contributed by atoms with Crippen molar-refractivity contribution < 1.29 is 24.2 Å². The molecule has 5 rings (SSSR count). The molecule has 0 saturated heterocycles. The molecule has 3 aromatic rings. The molecule has 0 aliphatic heterocycles. The number of amides is 2. The highest BCUT2D eigenvalue weighted by Crippen LogP contribution is 2.44. The number of carbonyl (C=O) groups is 3. The number of thiophene rings is 1. The van der Waals surface area contributed by atoms with Gasteiger partial charge in [0.25, 0.3) is 0 Å². The van der Waals surface area contributed by atoms with Gasteiger partial charge in [-0.3, -0.25) is 4.79 Å². The number of aliphatic carboxylic acids is 1. The van der Waals surface area contributed by atoms with Crippen molar-refractivity contribution in [2.45, 2.75) is 37.3 Å². The molecule has 1 aromatic heterocycles. The summed E-state index contributed by atoms with van der Waals surface area (Å²) in [6.07, 6.45) is 1.76. The summed E-state index contributed by atoms with van der Waals surface area (Å²) in [5, 5.41) is 16.7. The summed E-state index contributed by atoms with van der Waals surface area (Å²) in [7, 11) is 0. The summed E-state index contributed by atoms with van der Waals surface area (Å²) in [4.78, 5) is 38.2. The van der Waals surface area contributed by atoms with Gasteiger partial charge in [0.1, 0.15) is 18.7 Å². The molecule has 2 amide bonds. The second-order valence-electron chi connectivity index (χ2n) is 8.93. The lowest BCUT2D eigenvalue weighted by Crippen LogP contribution is -2.51. The molecule has 2 atom stereocenters. The molecule has 1 saturated carbocycles. The van der Waals surface area contributed by atoms with Crippen molar-refractivity contribution in [1.82, 2.24) is 10.6 Å². The van der Waals surface area contributed by atoms with Crippen LogP contribution < -0.4 is 10.6 Å². The van der Waals surface area contributed by atoms with Crippen LogP contribution in [0.2, 0.25) is 0 Å². The van der Waals surface area contributed by atoms with Gasteiger partial charge in [-0.1, -0.05) is 61.0 Å². The van der Waals surface area contributed by atoms with Crippen molar-refractivity contribution in [2.24, 2.45) is 5.92 Å². The highest BCUT2D eigenvalue weighted by molar-refractivity contribution is 7.10. The first kappa shape index (κ1) is 23.1. The Bertz CT molecular complexity index is 1190. The van der Waals surface area contributed by atoms with Crippen molar-refractivity contribution in [1.29, 1.82) is 0 Å². The Labute approximate surface area is 207 Å². The number of carboxylic acids is 1. The van der Waals surface area contributed by atoms with E-state index >= 15 is 0 Å². The number of alkyl carbamates (subject to hydrolysis) is 1. The van der Waals surface area contributed by atoms with Crippen LogP contribution in [0.4, 0.5) is 4.79 Å². The maximum Gasteiger partial charge on any atom is 0.408 e. The number of hydrogen-bond acceptors (Lipinski definition) is 5. The molecule has 35 heavy (non-hydrogen) atoms. The van der Waals surface area contributed by atoms with E-state index in [1.807, 2.05) is 36.4 Å². The minimum Gasteiger partial charge on any atom is -0.480 e. The second-order valence-corrected chi connectivity index (χ2v) is 9.91. The van der Waals surface area contributed by atoms with Crippen LogP contribution >= 0.6 is 11.3 Å². The fourth-order valence-electron chi connectivity index (χ4n) is 4.87. The molecular weight excluding hydrogens is 464 g/mol. The topological polar surface area (TPSA) is 105 Å². The lowest BCUT2D eigenvalue weighted by atomic mass is 9.79. The third kappa shape index (κ3) is 4.66. The molecule has 180 valence electrons. The number of carboxylic acid groups (broad SMARTS) is 1. The molecule has 1 heterocycles. The molecule has 1 fully saturated rings. The summed E-state index contributed by atoms with van der Waals surface area (Å²) in [5.74, 6) is -1.80. The molecule has 0 bridgehead atoms. The van der Waals surface area contributed by atoms with Crippen LogP contribution in [0.1, 0.15) is 47.2 Å². The first-order valence-corrected chi connectivity index (χ1v) is 12.6. The monoisotopic (exact) mass is 490 g/mol. The summed E-state index contributed by atoms with van der Waals surface area (Å²) in [5.41, 5.74) is 4.45. The normalized spacial score (nSPS) is 16.3. The molecule has 7 nitrogen and oxygen atoms in total. The van der Waals surface area contributed by atoms with Crippen LogP contribution in [-0.4, -0.2) is 35.7 Å². The maximum atomic E-state index is 13.1. The standard InChI is InChI=1S/C27H26N2O5S/c30-25(28-23(26(31)32)16-7-5-8-16)24(22-13-6-14-35-22)29-27(33)34-15-21-19-11-3-1-9-17(19)18-10-2-4-12-20(18)21/h1-4,6,9-14,16,21,23-24H,5,7-8,15H2,(H,28,30)(H,29,33)(H,31,32). The first-order chi connectivity index (χ1) is 17.0. The molecule has 3 N–H and O–H groups in total. The van der Waals surface area contributed by atoms with E-state index in [1.165, 1.54) is 11.3 Å². The zero-order valence-electron chi connectivity index (χ0n) is 19.0. The number of carbonyl (C=O) groups excluding carboxylic acids is 2. The Morgan fingerprint density at radius 3 is 2.14 bits per heavy atom. The van der Waals surface area contributed by atoms with Gasteiger partial charge in [0.05, 0.1) is 0 Å². The second kappa shape index (κ2) is 9.92. The molecule has 0 spiro atoms. The van der Waals surface area contributed by atoms with E-state index < -0.39 is 30.1 Å². The minimum atomic E-state index is -1.06. The lowest BCUT2D eigenvalue weighted by Gasteiger charge is -2.32. The lowest BCUT2D eigenvalue weighted by molar-refractivity contribution is -0.144. The molecular formula is C27H26N2O5S. The van der Waals surface area contributed by atoms with Gasteiger partial charge < -0.3 is 20.5 Å². The summed E-state index contributed by atoms with van der Waals surface area (Å²) < 4.78 is 5.61. The average molecular weight is 491 g/mol. The molecule has 0 radical (unpaired) electrons. The summed E-state index contributed by atoms with van der Waals surface area (Å²) in [6.45, 7) is 0.123. The van der Waals surface area contributed by atoms with E-state index in [-0.39, 0.29) is 18.4 Å². The number of rotatable bonds is 8. The van der Waals surface area contributed by atoms with Crippen LogP contribution in [-0.2, 0) is 14.3 Å². The van der Waals surface area contributed by atoms with Crippen LogP contribution in [0.25, 0.3) is 11.1 Å². The summed E-state index contributed by atoms with van der Waals surface area (Å²) in [6, 6.07) is 17.6. The summed E-state index contributed by atoms with van der Waals surface area (Å²) >= 11 is 1.31. The number of hydrogen-bond donors (Lipinski definition) is 3. The van der Waals surface area contributed by atoms with Gasteiger partial charge in [-0.2, -0.15) is 0 Å². The zero-order chi connectivity index (χ0) is 24.4. The quantitative estimate of drug-likeness (QED) is 0.425. The van der Waals surface area contributed by atoms with E-state index in [2.05, 4.69) is 22.8 Å². The van der Waals surface area contributed by atoms with Crippen LogP contribution in [0.3, 0.4) is 0 Å². The SMILES string of the molecule is O=C(NC(C(=O)NC(C(=O)O)C1CCC1)c1cccs1)OCC1c2ccccc2-c2ccccc21. The molecule has 2 aliphatic carbocycles. The number of ether oxygens (including phenoxy) is 1. The van der Waals surface area contributed by atoms with Gasteiger partial charge in [-0.25, -0.2) is 9.59 Å². The third-order valence-corrected chi connectivity index (χ3v) is 7.82. The Hall–Kier alpha value is -3.65. The maximum absolute atomic E-state index is 13.1. The van der Waals surface area contributed by atoms with Crippen molar-refractivity contribution in [3.63, 3.8) is 0 Å². The predicted octanol–water partition coefficient (Wildman–Crippen LogP) is 4.70. The molecule has 2 aliphatic rings. The zero-order valence-corrected chi connectivity index (χ0v) is 19.8. The number of fused-ring (bicyclic) bond motifs is 3. The Morgan fingerprint density at radius 1 is 0.943 bits per heavy atom. The number of benzene rings is 2. The largest absolute Gasteiger partial charge is 0.480 e. The Morgan fingerprint density at radius 2 is 1.60 bits per heavy atom. The predicted molar refractivity (Wildman–Crippen MR) is 132 cm³/mol. The Kier molecular flexibility index (Phi) is 6.55. The van der Waals surface area contributed by atoms with Crippen LogP contribution in [0.15, 0.2) is 66.0 Å². The molecule has 2 aromatic carbocycles. The fourth-order valence-corrected chi connectivity index (χ4v) is 5.64. The van der Waals surface area contributed by atoms with E-state index in [0.717, 1.165) is 41.5 Å². The highest BCUT2D eigenvalue weighted by atomic mass is 32.1. The highest BCUT2D eigenvalue weighted by Gasteiger charge is 2.36. The van der Waals surface area contributed by atoms with E-state index in [9.17, 15) is 19.5 Å². The minimum absolute atomic E-state index is 0.0881. The number of nitrogens with one attached hydrogen (secondary N) is 2. The van der Waals surface area contributed by atoms with Crippen molar-refractivity contribution >= 4 is 29.3 Å². The van der Waals surface area contributed by atoms with Gasteiger partial charge in [-0.05, 0) is 52.5 Å². The van der Waals surface area contributed by atoms with Gasteiger partial charge in [0, 0.05) is 10.8 Å². The van der Waals surface area contributed by atoms with Crippen molar-refractivity contribution in [3.05, 3.63) is 82.0 Å². The average Bonchev–Trinajstić information content (AvgIpc) is 3.46. The van der Waals surface area contributed by atoms with Gasteiger partial charge in [-0.15, -0.1) is 11.3 Å². The smallest absolute Gasteiger partial charge is 0.408 e. The first-order valence-electron chi connectivity index (χ1n) is 11.7. The fraction of sp³-hybridized carbons (Fsp3) is 0.296. The van der Waals surface area contributed by atoms with Crippen molar-refractivity contribution in [3.8, 4) is 11.1 Å². The van der Waals surface area contributed by atoms with Crippen LogP contribution in [0, 0.1) is 5.92 Å².